The van der Waals surface area contributed by atoms with Gasteiger partial charge in [0.25, 0.3) is 0 Å². The van der Waals surface area contributed by atoms with Crippen LogP contribution in [0.4, 0.5) is 4.79 Å². The average molecular weight is 337 g/mol. The molecule has 0 aromatic carbocycles. The zero-order chi connectivity index (χ0) is 17.4. The van der Waals surface area contributed by atoms with Crippen LogP contribution in [0.3, 0.4) is 0 Å². The molecule has 0 radical (unpaired) electrons. The fourth-order valence-electron chi connectivity index (χ4n) is 5.36. The third-order valence-electron chi connectivity index (χ3n) is 6.51. The highest BCUT2D eigenvalue weighted by Gasteiger charge is 2.55. The lowest BCUT2D eigenvalue weighted by molar-refractivity contribution is -0.149. The Kier molecular flexibility index (Phi) is 4.78. The van der Waals surface area contributed by atoms with Gasteiger partial charge in [0.15, 0.2) is 0 Å². The van der Waals surface area contributed by atoms with Crippen molar-refractivity contribution in [3.8, 4) is 0 Å². The lowest BCUT2D eigenvalue weighted by Crippen LogP contribution is -2.47. The molecule has 6 heteroatoms. The van der Waals surface area contributed by atoms with E-state index < -0.39 is 11.4 Å². The molecule has 3 fully saturated rings. The fourth-order valence-corrected chi connectivity index (χ4v) is 5.36. The quantitative estimate of drug-likeness (QED) is 0.805. The van der Waals surface area contributed by atoms with Gasteiger partial charge in [-0.25, -0.2) is 4.79 Å². The second-order valence-corrected chi connectivity index (χ2v) is 8.53. The highest BCUT2D eigenvalue weighted by molar-refractivity contribution is 5.80. The van der Waals surface area contributed by atoms with Gasteiger partial charge in [0.2, 0.25) is 0 Å². The molecule has 3 rings (SSSR count). The number of urea groups is 1. The van der Waals surface area contributed by atoms with Crippen molar-refractivity contribution in [1.29, 1.82) is 0 Å². The van der Waals surface area contributed by atoms with Gasteiger partial charge in [0.1, 0.15) is 0 Å². The normalized spacial score (nSPS) is 31.5. The summed E-state index contributed by atoms with van der Waals surface area (Å²) in [6.45, 7) is 2.67. The molecular weight excluding hydrogens is 306 g/mol. The van der Waals surface area contributed by atoms with Crippen molar-refractivity contribution < 1.29 is 14.7 Å². The first-order chi connectivity index (χ1) is 11.4. The number of carbonyl (C=O) groups excluding carboxylic acids is 1. The van der Waals surface area contributed by atoms with Crippen LogP contribution in [0.2, 0.25) is 0 Å². The van der Waals surface area contributed by atoms with Crippen molar-refractivity contribution in [2.75, 3.05) is 40.3 Å². The summed E-state index contributed by atoms with van der Waals surface area (Å²) in [7, 11) is 4.17. The molecule has 6 nitrogen and oxygen atoms in total. The molecule has 2 amide bonds. The van der Waals surface area contributed by atoms with Crippen LogP contribution in [-0.2, 0) is 4.79 Å². The van der Waals surface area contributed by atoms with Crippen LogP contribution in [0.25, 0.3) is 0 Å². The smallest absolute Gasteiger partial charge is 0.317 e. The average Bonchev–Trinajstić information content (AvgIpc) is 3.17. The van der Waals surface area contributed by atoms with Crippen molar-refractivity contribution in [1.82, 2.24) is 15.1 Å². The first kappa shape index (κ1) is 17.5. The number of aliphatic carboxylic acids is 1. The number of nitrogens with zero attached hydrogens (tertiary/aromatic N) is 2. The monoisotopic (exact) mass is 337 g/mol. The van der Waals surface area contributed by atoms with Gasteiger partial charge in [-0.05, 0) is 45.7 Å². The first-order valence-corrected chi connectivity index (χ1v) is 9.28. The lowest BCUT2D eigenvalue weighted by Gasteiger charge is -2.33. The van der Waals surface area contributed by atoms with E-state index in [1.54, 1.807) is 4.90 Å². The second-order valence-electron chi connectivity index (χ2n) is 8.53. The molecule has 0 spiro atoms. The molecule has 2 saturated carbocycles. The second kappa shape index (κ2) is 6.54. The zero-order valence-corrected chi connectivity index (χ0v) is 15.0. The highest BCUT2D eigenvalue weighted by Crippen LogP contribution is 2.49. The summed E-state index contributed by atoms with van der Waals surface area (Å²) in [6.07, 6.45) is 7.40. The van der Waals surface area contributed by atoms with Crippen LogP contribution in [-0.4, -0.2) is 67.2 Å². The SMILES string of the molecule is CN(C)CC1(CNC(=O)N2C[C@@H]3CCC[C@@]3(C(=O)O)C2)CCCC1. The maximum atomic E-state index is 12.6. The van der Waals surface area contributed by atoms with Crippen molar-refractivity contribution in [3.05, 3.63) is 0 Å². The fraction of sp³-hybridized carbons (Fsp3) is 0.889. The van der Waals surface area contributed by atoms with Gasteiger partial charge in [-0.15, -0.1) is 0 Å². The summed E-state index contributed by atoms with van der Waals surface area (Å²) in [6, 6.07) is -0.0740. The van der Waals surface area contributed by atoms with Crippen molar-refractivity contribution in [2.45, 2.75) is 44.9 Å². The molecule has 2 atom stereocenters. The maximum absolute atomic E-state index is 12.6. The number of nitrogens with one attached hydrogen (secondary N) is 1. The Labute approximate surface area is 144 Å². The number of rotatable bonds is 5. The lowest BCUT2D eigenvalue weighted by atomic mass is 9.81. The summed E-state index contributed by atoms with van der Waals surface area (Å²) < 4.78 is 0. The zero-order valence-electron chi connectivity index (χ0n) is 15.0. The number of hydrogen-bond acceptors (Lipinski definition) is 3. The minimum atomic E-state index is -0.722. The first-order valence-electron chi connectivity index (χ1n) is 9.28. The van der Waals surface area contributed by atoms with E-state index in [4.69, 9.17) is 0 Å². The van der Waals surface area contributed by atoms with Crippen molar-refractivity contribution in [3.63, 3.8) is 0 Å². The van der Waals surface area contributed by atoms with Gasteiger partial charge >= 0.3 is 12.0 Å². The topological polar surface area (TPSA) is 72.9 Å². The summed E-state index contributed by atoms with van der Waals surface area (Å²) >= 11 is 0. The van der Waals surface area contributed by atoms with E-state index in [0.29, 0.717) is 26.1 Å². The summed E-state index contributed by atoms with van der Waals surface area (Å²) in [5.74, 6) is -0.594. The molecule has 0 aromatic rings. The molecule has 136 valence electrons. The van der Waals surface area contributed by atoms with Crippen LogP contribution < -0.4 is 5.32 Å². The van der Waals surface area contributed by atoms with E-state index in [0.717, 1.165) is 32.2 Å². The predicted molar refractivity (Wildman–Crippen MR) is 91.8 cm³/mol. The Balaban J connectivity index is 1.59. The van der Waals surface area contributed by atoms with E-state index in [-0.39, 0.29) is 17.4 Å². The summed E-state index contributed by atoms with van der Waals surface area (Å²) in [5.41, 5.74) is -0.509. The standard InChI is InChI=1S/C18H31N3O3/c1-20(2)12-17(7-3-4-8-17)11-19-16(24)21-10-14-6-5-9-18(14,13-21)15(22)23/h14H,3-13H2,1-2H3,(H,19,24)(H,22,23)/t14-,18+/m0/s1. The minimum absolute atomic E-state index is 0.0740. The maximum Gasteiger partial charge on any atom is 0.317 e. The van der Waals surface area contributed by atoms with Crippen LogP contribution in [0.5, 0.6) is 0 Å². The molecule has 2 aliphatic carbocycles. The van der Waals surface area contributed by atoms with Crippen LogP contribution in [0, 0.1) is 16.7 Å². The number of fused-ring (bicyclic) bond motifs is 1. The van der Waals surface area contributed by atoms with Crippen molar-refractivity contribution >= 4 is 12.0 Å². The molecule has 1 saturated heterocycles. The van der Waals surface area contributed by atoms with E-state index in [9.17, 15) is 14.7 Å². The van der Waals surface area contributed by atoms with Gasteiger partial charge in [-0.1, -0.05) is 19.3 Å². The number of amides is 2. The Morgan fingerprint density at radius 2 is 1.92 bits per heavy atom. The van der Waals surface area contributed by atoms with Crippen LogP contribution >= 0.6 is 0 Å². The third-order valence-corrected chi connectivity index (χ3v) is 6.51. The van der Waals surface area contributed by atoms with Crippen LogP contribution in [0.1, 0.15) is 44.9 Å². The van der Waals surface area contributed by atoms with Gasteiger partial charge in [-0.3, -0.25) is 4.79 Å². The molecule has 1 heterocycles. The number of likely N-dealkylation sites (tertiary alicyclic amines) is 1. The predicted octanol–water partition coefficient (Wildman–Crippen LogP) is 2.00. The Hall–Kier alpha value is -1.30. The molecule has 3 aliphatic rings. The third kappa shape index (κ3) is 3.13. The summed E-state index contributed by atoms with van der Waals surface area (Å²) in [4.78, 5) is 28.3. The number of carbonyl (C=O) groups is 2. The molecule has 0 bridgehead atoms. The minimum Gasteiger partial charge on any atom is -0.481 e. The Bertz CT molecular complexity index is 502. The number of carboxylic acids is 1. The number of hydrogen-bond donors (Lipinski definition) is 2. The molecule has 2 N–H and O–H groups in total. The van der Waals surface area contributed by atoms with Crippen molar-refractivity contribution in [2.24, 2.45) is 16.7 Å². The summed E-state index contributed by atoms with van der Waals surface area (Å²) in [5, 5.41) is 12.8. The molecule has 1 aliphatic heterocycles. The number of carboxylic acid groups (broad SMARTS) is 1. The Morgan fingerprint density at radius 1 is 1.21 bits per heavy atom. The Morgan fingerprint density at radius 3 is 2.50 bits per heavy atom. The van der Waals surface area contributed by atoms with E-state index >= 15 is 0 Å². The largest absolute Gasteiger partial charge is 0.481 e. The van der Waals surface area contributed by atoms with Crippen LogP contribution in [0.15, 0.2) is 0 Å². The molecule has 0 unspecified atom stereocenters. The molecule has 0 aromatic heterocycles. The van der Waals surface area contributed by atoms with Gasteiger partial charge in [-0.2, -0.15) is 0 Å². The van der Waals surface area contributed by atoms with E-state index in [1.807, 2.05) is 0 Å². The molecule has 24 heavy (non-hydrogen) atoms. The van der Waals surface area contributed by atoms with E-state index in [1.165, 1.54) is 12.8 Å². The molecular formula is C18H31N3O3. The van der Waals surface area contributed by atoms with E-state index in [2.05, 4.69) is 24.3 Å². The highest BCUT2D eigenvalue weighted by atomic mass is 16.4. The van der Waals surface area contributed by atoms with Gasteiger partial charge in [0, 0.05) is 31.6 Å². The van der Waals surface area contributed by atoms with Gasteiger partial charge in [0.05, 0.1) is 5.41 Å². The van der Waals surface area contributed by atoms with Gasteiger partial charge < -0.3 is 20.2 Å².